The van der Waals surface area contributed by atoms with Crippen LogP contribution in [0.3, 0.4) is 0 Å². The predicted molar refractivity (Wildman–Crippen MR) is 107 cm³/mol. The maximum Gasteiger partial charge on any atom is 0.295 e. The fourth-order valence-electron chi connectivity index (χ4n) is 3.27. The molecule has 0 spiro atoms. The SMILES string of the molecule is CCOc1cc(/C(O)=C2/C(=O)C(=O)N(CCOC)C2c2ccc(C)o2)ccc1Cl. The van der Waals surface area contributed by atoms with Crippen LogP contribution in [0.1, 0.15) is 30.0 Å². The zero-order valence-corrected chi connectivity index (χ0v) is 17.2. The van der Waals surface area contributed by atoms with Crippen molar-refractivity contribution < 1.29 is 28.6 Å². The summed E-state index contributed by atoms with van der Waals surface area (Å²) in [6, 6.07) is 7.23. The number of nitrogens with zero attached hydrogens (tertiary/aromatic N) is 1. The van der Waals surface area contributed by atoms with Crippen molar-refractivity contribution in [2.24, 2.45) is 0 Å². The number of carbonyl (C=O) groups is 2. The third-order valence-electron chi connectivity index (χ3n) is 4.61. The summed E-state index contributed by atoms with van der Waals surface area (Å²) in [4.78, 5) is 26.8. The van der Waals surface area contributed by atoms with E-state index in [4.69, 9.17) is 25.5 Å². The van der Waals surface area contributed by atoms with Gasteiger partial charge in [-0.1, -0.05) is 11.6 Å². The van der Waals surface area contributed by atoms with Crippen LogP contribution in [0, 0.1) is 6.92 Å². The molecule has 1 saturated heterocycles. The molecule has 2 heterocycles. The minimum atomic E-state index is -0.856. The van der Waals surface area contributed by atoms with Crippen molar-refractivity contribution in [3.8, 4) is 5.75 Å². The zero-order valence-electron chi connectivity index (χ0n) is 16.4. The van der Waals surface area contributed by atoms with Crippen LogP contribution >= 0.6 is 11.6 Å². The standard InChI is InChI=1S/C21H22ClNO6/c1-4-28-16-11-13(6-7-14(16)22)19(24)17-18(15-8-5-12(2)29-15)23(9-10-27-3)21(26)20(17)25/h5-8,11,18,24H,4,9-10H2,1-3H3/b19-17-. The first kappa shape index (κ1) is 21.0. The van der Waals surface area contributed by atoms with Gasteiger partial charge >= 0.3 is 0 Å². The monoisotopic (exact) mass is 419 g/mol. The molecule has 0 bridgehead atoms. The van der Waals surface area contributed by atoms with E-state index >= 15 is 0 Å². The van der Waals surface area contributed by atoms with Gasteiger partial charge in [0.15, 0.2) is 0 Å². The van der Waals surface area contributed by atoms with Gasteiger partial charge in [0, 0.05) is 19.2 Å². The molecule has 3 rings (SSSR count). The van der Waals surface area contributed by atoms with Crippen LogP contribution in [-0.2, 0) is 14.3 Å². The van der Waals surface area contributed by atoms with E-state index in [1.807, 2.05) is 6.92 Å². The Bertz CT molecular complexity index is 964. The molecule has 1 amide bonds. The first-order valence-corrected chi connectivity index (χ1v) is 9.53. The van der Waals surface area contributed by atoms with Crippen molar-refractivity contribution in [1.29, 1.82) is 0 Å². The number of methoxy groups -OCH3 is 1. The van der Waals surface area contributed by atoms with Crippen molar-refractivity contribution in [2.45, 2.75) is 19.9 Å². The Hall–Kier alpha value is -2.77. The molecule has 1 aromatic carbocycles. The van der Waals surface area contributed by atoms with Gasteiger partial charge in [-0.05, 0) is 44.2 Å². The van der Waals surface area contributed by atoms with E-state index in [-0.39, 0.29) is 24.5 Å². The number of hydrogen-bond acceptors (Lipinski definition) is 6. The number of benzene rings is 1. The Morgan fingerprint density at radius 1 is 1.28 bits per heavy atom. The number of furan rings is 1. The predicted octanol–water partition coefficient (Wildman–Crippen LogP) is 3.71. The largest absolute Gasteiger partial charge is 0.507 e. The lowest BCUT2D eigenvalue weighted by Crippen LogP contribution is -2.32. The van der Waals surface area contributed by atoms with Crippen molar-refractivity contribution in [2.75, 3.05) is 26.9 Å². The smallest absolute Gasteiger partial charge is 0.295 e. The first-order valence-electron chi connectivity index (χ1n) is 9.15. The van der Waals surface area contributed by atoms with Gasteiger partial charge in [-0.15, -0.1) is 0 Å². The number of halogens is 1. The number of aliphatic hydroxyl groups excluding tert-OH is 1. The number of ether oxygens (including phenoxy) is 2. The number of Topliss-reactive ketones (excluding diaryl/α,β-unsaturated/α-hetero) is 1. The van der Waals surface area contributed by atoms with Gasteiger partial charge in [0.1, 0.15) is 29.1 Å². The molecule has 1 fully saturated rings. The van der Waals surface area contributed by atoms with Gasteiger partial charge in [-0.25, -0.2) is 0 Å². The van der Waals surface area contributed by atoms with Crippen molar-refractivity contribution >= 4 is 29.1 Å². The average molecular weight is 420 g/mol. The highest BCUT2D eigenvalue weighted by Crippen LogP contribution is 2.40. The maximum atomic E-state index is 12.8. The van der Waals surface area contributed by atoms with E-state index in [0.29, 0.717) is 34.5 Å². The quantitative estimate of drug-likeness (QED) is 0.418. The molecule has 1 aliphatic heterocycles. The molecule has 0 radical (unpaired) electrons. The molecule has 1 N–H and O–H groups in total. The Kier molecular flexibility index (Phi) is 6.30. The number of aryl methyl sites for hydroxylation is 1. The molecule has 1 atom stereocenters. The fourth-order valence-corrected chi connectivity index (χ4v) is 3.44. The number of ketones is 1. The van der Waals surface area contributed by atoms with Gasteiger partial charge in [0.05, 0.1) is 23.8 Å². The summed E-state index contributed by atoms with van der Waals surface area (Å²) in [5, 5.41) is 11.4. The highest BCUT2D eigenvalue weighted by molar-refractivity contribution is 6.46. The van der Waals surface area contributed by atoms with Crippen molar-refractivity contribution in [3.05, 3.63) is 58.0 Å². The molecule has 8 heteroatoms. The number of aliphatic hydroxyl groups is 1. The van der Waals surface area contributed by atoms with Crippen molar-refractivity contribution in [1.82, 2.24) is 4.90 Å². The van der Waals surface area contributed by atoms with E-state index in [1.165, 1.54) is 18.1 Å². The molecule has 1 unspecified atom stereocenters. The summed E-state index contributed by atoms with van der Waals surface area (Å²) < 4.78 is 16.2. The Balaban J connectivity index is 2.14. The molecule has 0 aliphatic carbocycles. The average Bonchev–Trinajstić information content (AvgIpc) is 3.23. The zero-order chi connectivity index (χ0) is 21.1. The highest BCUT2D eigenvalue weighted by atomic mass is 35.5. The Labute approximate surface area is 173 Å². The molecular weight excluding hydrogens is 398 g/mol. The van der Waals surface area contributed by atoms with Crippen LogP contribution in [0.2, 0.25) is 5.02 Å². The van der Waals surface area contributed by atoms with Gasteiger partial charge in [-0.2, -0.15) is 0 Å². The summed E-state index contributed by atoms with van der Waals surface area (Å²) in [7, 11) is 1.51. The Morgan fingerprint density at radius 3 is 2.66 bits per heavy atom. The molecule has 29 heavy (non-hydrogen) atoms. The summed E-state index contributed by atoms with van der Waals surface area (Å²) in [6.45, 7) is 4.37. The van der Waals surface area contributed by atoms with E-state index in [2.05, 4.69) is 0 Å². The number of hydrogen-bond donors (Lipinski definition) is 1. The van der Waals surface area contributed by atoms with Crippen LogP contribution in [0.25, 0.3) is 5.76 Å². The summed E-state index contributed by atoms with van der Waals surface area (Å²) in [6.07, 6.45) is 0. The normalized spacial score (nSPS) is 18.5. The van der Waals surface area contributed by atoms with Gasteiger partial charge < -0.3 is 23.9 Å². The number of likely N-dealkylation sites (tertiary alicyclic amines) is 1. The lowest BCUT2D eigenvalue weighted by molar-refractivity contribution is -0.140. The van der Waals surface area contributed by atoms with Crippen LogP contribution in [-0.4, -0.2) is 48.6 Å². The third-order valence-corrected chi connectivity index (χ3v) is 4.92. The number of amides is 1. The summed E-state index contributed by atoms with van der Waals surface area (Å²) in [5.41, 5.74) is 0.265. The second-order valence-corrected chi connectivity index (χ2v) is 6.92. The van der Waals surface area contributed by atoms with Gasteiger partial charge in [0.2, 0.25) is 0 Å². The molecule has 1 aliphatic rings. The second-order valence-electron chi connectivity index (χ2n) is 6.51. The maximum absolute atomic E-state index is 12.8. The van der Waals surface area contributed by atoms with Gasteiger partial charge in [-0.3, -0.25) is 9.59 Å². The Morgan fingerprint density at radius 2 is 2.03 bits per heavy atom. The van der Waals surface area contributed by atoms with Crippen LogP contribution in [0.5, 0.6) is 5.75 Å². The van der Waals surface area contributed by atoms with Crippen LogP contribution < -0.4 is 4.74 Å². The minimum Gasteiger partial charge on any atom is -0.507 e. The van der Waals surface area contributed by atoms with Gasteiger partial charge in [0.25, 0.3) is 11.7 Å². The minimum absolute atomic E-state index is 0.0507. The molecule has 0 saturated carbocycles. The first-order chi connectivity index (χ1) is 13.9. The topological polar surface area (TPSA) is 89.2 Å². The van der Waals surface area contributed by atoms with E-state index in [1.54, 1.807) is 31.2 Å². The highest BCUT2D eigenvalue weighted by Gasteiger charge is 2.47. The van der Waals surface area contributed by atoms with Crippen LogP contribution in [0.15, 0.2) is 40.3 Å². The summed E-state index contributed by atoms with van der Waals surface area (Å²) in [5.74, 6) is -0.440. The van der Waals surface area contributed by atoms with Crippen LogP contribution in [0.4, 0.5) is 0 Å². The third kappa shape index (κ3) is 4.02. The number of rotatable bonds is 7. The lowest BCUT2D eigenvalue weighted by atomic mass is 9.99. The summed E-state index contributed by atoms with van der Waals surface area (Å²) >= 11 is 6.12. The fraction of sp³-hybridized carbons (Fsp3) is 0.333. The van der Waals surface area contributed by atoms with E-state index in [0.717, 1.165) is 0 Å². The number of carbonyl (C=O) groups excluding carboxylic acids is 2. The molecule has 1 aromatic heterocycles. The molecule has 154 valence electrons. The molecule has 2 aromatic rings. The van der Waals surface area contributed by atoms with E-state index in [9.17, 15) is 14.7 Å². The van der Waals surface area contributed by atoms with Crippen molar-refractivity contribution in [3.63, 3.8) is 0 Å². The molecule has 7 nitrogen and oxygen atoms in total. The lowest BCUT2D eigenvalue weighted by Gasteiger charge is -2.23. The van der Waals surface area contributed by atoms with E-state index < -0.39 is 17.7 Å². The molecular formula is C21H22ClNO6. The second kappa shape index (κ2) is 8.71.